The van der Waals surface area contributed by atoms with Gasteiger partial charge < -0.3 is 0 Å². The molecule has 1 unspecified atom stereocenters. The predicted molar refractivity (Wildman–Crippen MR) is 24.7 cm³/mol. The molecule has 2 radical (unpaired) electrons. The van der Waals surface area contributed by atoms with Crippen LogP contribution >= 0.6 is 0 Å². The molecule has 8 heavy (non-hydrogen) atoms. The van der Waals surface area contributed by atoms with Gasteiger partial charge in [0.25, 0.3) is 0 Å². The third kappa shape index (κ3) is 0.710. The zero-order valence-corrected chi connectivity index (χ0v) is 4.10. The van der Waals surface area contributed by atoms with Crippen molar-refractivity contribution in [3.8, 4) is 0 Å². The summed E-state index contributed by atoms with van der Waals surface area (Å²) >= 11 is 0. The minimum Gasteiger partial charge on any atom is -0.292 e. The Kier molecular flexibility index (Phi) is 1.28. The van der Waals surface area contributed by atoms with Crippen LogP contribution < -0.4 is 5.32 Å². The van der Waals surface area contributed by atoms with E-state index >= 15 is 0 Å². The molecule has 0 N–H and O–H groups in total. The molecule has 0 fully saturated rings. The Hall–Kier alpha value is -0.860. The van der Waals surface area contributed by atoms with Crippen molar-refractivity contribution in [2.75, 3.05) is 6.67 Å². The molecule has 0 saturated carbocycles. The smallest absolute Gasteiger partial charge is 0.185 e. The number of nitrogens with zero attached hydrogens (tertiary/aromatic N) is 1. The number of rotatable bonds is 1. The van der Waals surface area contributed by atoms with Crippen LogP contribution in [0, 0.1) is 6.20 Å². The maximum Gasteiger partial charge on any atom is 0.185 e. The predicted octanol–water partition coefficient (Wildman–Crippen LogP) is -0.172. The second kappa shape index (κ2) is 1.94. The first-order valence-electron chi connectivity index (χ1n) is 2.23. The van der Waals surface area contributed by atoms with Crippen LogP contribution in [0.15, 0.2) is 6.08 Å². The van der Waals surface area contributed by atoms with Crippen LogP contribution in [0.3, 0.4) is 0 Å². The van der Waals surface area contributed by atoms with Gasteiger partial charge in [0.2, 0.25) is 0 Å². The number of alkyl halides is 1. The van der Waals surface area contributed by atoms with Crippen molar-refractivity contribution in [1.29, 1.82) is 0 Å². The highest BCUT2D eigenvalue weighted by Crippen LogP contribution is 1.97. The SMILES string of the molecule is O=C1C=[C][N]C1CF. The molecule has 0 aromatic heterocycles. The van der Waals surface area contributed by atoms with E-state index in [0.29, 0.717) is 0 Å². The number of hydrogen-bond donors (Lipinski definition) is 0. The highest BCUT2D eigenvalue weighted by molar-refractivity contribution is 5.95. The normalized spacial score (nSPS) is 26.1. The fraction of sp³-hybridized carbons (Fsp3) is 0.400. The molecule has 0 aromatic rings. The zero-order chi connectivity index (χ0) is 5.98. The van der Waals surface area contributed by atoms with Gasteiger partial charge in [0.05, 0.1) is 6.20 Å². The summed E-state index contributed by atoms with van der Waals surface area (Å²) in [7, 11) is 0. The highest BCUT2D eigenvalue weighted by atomic mass is 19.1. The van der Waals surface area contributed by atoms with Crippen LogP contribution in [0.1, 0.15) is 0 Å². The summed E-state index contributed by atoms with van der Waals surface area (Å²) in [6.07, 6.45) is 3.44. The van der Waals surface area contributed by atoms with Crippen LogP contribution in [0.4, 0.5) is 4.39 Å². The number of hydrogen-bond acceptors (Lipinski definition) is 1. The molecule has 0 amide bonds. The van der Waals surface area contributed by atoms with Crippen LogP contribution in [0.2, 0.25) is 0 Å². The Balaban J connectivity index is 2.51. The Labute approximate surface area is 46.4 Å². The van der Waals surface area contributed by atoms with Gasteiger partial charge in [0.15, 0.2) is 5.78 Å². The lowest BCUT2D eigenvalue weighted by Crippen LogP contribution is -2.23. The summed E-state index contributed by atoms with van der Waals surface area (Å²) in [5.74, 6) is -0.285. The van der Waals surface area contributed by atoms with Gasteiger partial charge in [-0.15, -0.1) is 0 Å². The van der Waals surface area contributed by atoms with Gasteiger partial charge in [-0.05, 0) is 0 Å². The zero-order valence-electron chi connectivity index (χ0n) is 4.10. The van der Waals surface area contributed by atoms with Gasteiger partial charge in [-0.25, -0.2) is 4.39 Å². The summed E-state index contributed by atoms with van der Waals surface area (Å²) in [6, 6.07) is -0.782. The van der Waals surface area contributed by atoms with Crippen molar-refractivity contribution in [3.63, 3.8) is 0 Å². The molecule has 1 rings (SSSR count). The van der Waals surface area contributed by atoms with E-state index in [9.17, 15) is 9.18 Å². The van der Waals surface area contributed by atoms with Crippen molar-refractivity contribution in [2.24, 2.45) is 0 Å². The van der Waals surface area contributed by atoms with E-state index < -0.39 is 12.7 Å². The summed E-state index contributed by atoms with van der Waals surface area (Å²) in [6.45, 7) is -0.706. The fourth-order valence-electron chi connectivity index (χ4n) is 0.461. The molecule has 1 aliphatic heterocycles. The average molecular weight is 113 g/mol. The number of ketones is 1. The first-order valence-corrected chi connectivity index (χ1v) is 2.23. The van der Waals surface area contributed by atoms with E-state index in [4.69, 9.17) is 0 Å². The molecule has 2 nitrogen and oxygen atoms in total. The van der Waals surface area contributed by atoms with Crippen LogP contribution in [-0.4, -0.2) is 18.5 Å². The van der Waals surface area contributed by atoms with Gasteiger partial charge in [-0.3, -0.25) is 10.1 Å². The summed E-state index contributed by atoms with van der Waals surface area (Å²) in [5, 5.41) is 3.41. The first-order chi connectivity index (χ1) is 3.84. The second-order valence-electron chi connectivity index (χ2n) is 1.48. The van der Waals surface area contributed by atoms with Gasteiger partial charge in [0.1, 0.15) is 12.7 Å². The Bertz CT molecular complexity index is 132. The molecule has 1 atom stereocenters. The molecule has 42 valence electrons. The summed E-state index contributed by atoms with van der Waals surface area (Å²) in [5.41, 5.74) is 0. The van der Waals surface area contributed by atoms with E-state index in [-0.39, 0.29) is 5.78 Å². The van der Waals surface area contributed by atoms with E-state index in [2.05, 4.69) is 11.5 Å². The molecule has 0 bridgehead atoms. The number of carbonyl (C=O) groups is 1. The first kappa shape index (κ1) is 5.28. The Morgan fingerprint density at radius 1 is 2.00 bits per heavy atom. The largest absolute Gasteiger partial charge is 0.292 e. The molecule has 0 spiro atoms. The molecule has 1 heterocycles. The summed E-state index contributed by atoms with van der Waals surface area (Å²) in [4.78, 5) is 10.4. The van der Waals surface area contributed by atoms with Crippen LogP contribution in [0.5, 0.6) is 0 Å². The minimum atomic E-state index is -0.782. The van der Waals surface area contributed by atoms with Crippen LogP contribution in [0.25, 0.3) is 0 Å². The lowest BCUT2D eigenvalue weighted by molar-refractivity contribution is -0.115. The van der Waals surface area contributed by atoms with Crippen molar-refractivity contribution in [1.82, 2.24) is 5.32 Å². The number of halogens is 1. The minimum absolute atomic E-state index is 0.285. The summed E-state index contributed by atoms with van der Waals surface area (Å²) < 4.78 is 11.6. The quantitative estimate of drug-likeness (QED) is 0.464. The molecule has 0 aliphatic carbocycles. The van der Waals surface area contributed by atoms with Gasteiger partial charge in [-0.2, -0.15) is 0 Å². The van der Waals surface area contributed by atoms with Crippen molar-refractivity contribution < 1.29 is 9.18 Å². The topological polar surface area (TPSA) is 31.2 Å². The van der Waals surface area contributed by atoms with Gasteiger partial charge in [-0.1, -0.05) is 0 Å². The molecule has 1 aliphatic rings. The Morgan fingerprint density at radius 3 is 3.00 bits per heavy atom. The molecular weight excluding hydrogens is 109 g/mol. The highest BCUT2D eigenvalue weighted by Gasteiger charge is 2.20. The molecule has 0 saturated heterocycles. The standard InChI is InChI=1S/C5H4FNO/c6-3-4-5(8)1-2-7-4/h1,4H,3H2. The van der Waals surface area contributed by atoms with Gasteiger partial charge >= 0.3 is 0 Å². The van der Waals surface area contributed by atoms with E-state index in [0.717, 1.165) is 6.08 Å². The molecule has 3 heteroatoms. The van der Waals surface area contributed by atoms with Crippen molar-refractivity contribution in [2.45, 2.75) is 6.04 Å². The van der Waals surface area contributed by atoms with Gasteiger partial charge in [0, 0.05) is 6.08 Å². The monoisotopic (exact) mass is 113 g/mol. The van der Waals surface area contributed by atoms with E-state index in [1.807, 2.05) is 0 Å². The van der Waals surface area contributed by atoms with Crippen molar-refractivity contribution in [3.05, 3.63) is 12.3 Å². The second-order valence-corrected chi connectivity index (χ2v) is 1.48. The fourth-order valence-corrected chi connectivity index (χ4v) is 0.461. The van der Waals surface area contributed by atoms with E-state index in [1.54, 1.807) is 0 Å². The third-order valence-electron chi connectivity index (χ3n) is 0.912. The lowest BCUT2D eigenvalue weighted by Gasteiger charge is -1.96. The molecule has 0 aromatic carbocycles. The maximum absolute atomic E-state index is 11.6. The number of carbonyl (C=O) groups excluding carboxylic acids is 1. The third-order valence-corrected chi connectivity index (χ3v) is 0.912. The van der Waals surface area contributed by atoms with E-state index in [1.165, 1.54) is 0 Å². The maximum atomic E-state index is 11.6. The van der Waals surface area contributed by atoms with Crippen molar-refractivity contribution >= 4 is 5.78 Å². The average Bonchev–Trinajstić information content (AvgIpc) is 2.14. The Morgan fingerprint density at radius 2 is 2.75 bits per heavy atom. The lowest BCUT2D eigenvalue weighted by atomic mass is 10.2. The molecular formula is C5H4FNO. The van der Waals surface area contributed by atoms with Crippen LogP contribution in [-0.2, 0) is 4.79 Å².